The van der Waals surface area contributed by atoms with Gasteiger partial charge in [0.25, 0.3) is 0 Å². The lowest BCUT2D eigenvalue weighted by Gasteiger charge is -2.26. The van der Waals surface area contributed by atoms with Gasteiger partial charge < -0.3 is 10.1 Å². The topological polar surface area (TPSA) is 47.0 Å². The Bertz CT molecular complexity index is 673. The number of aromatic nitrogens is 2. The molecule has 0 amide bonds. The van der Waals surface area contributed by atoms with E-state index in [1.54, 1.807) is 24.4 Å². The monoisotopic (exact) mass is 333 g/mol. The van der Waals surface area contributed by atoms with Crippen LogP contribution in [0, 0.1) is 5.92 Å². The maximum Gasteiger partial charge on any atom is 0.387 e. The molecular weight excluding hydrogens is 312 g/mol. The number of nitrogens with zero attached hydrogens (tertiary/aromatic N) is 2. The minimum atomic E-state index is -2.84. The van der Waals surface area contributed by atoms with Gasteiger partial charge in [0.1, 0.15) is 5.75 Å². The van der Waals surface area contributed by atoms with Crippen LogP contribution in [0.5, 0.6) is 5.75 Å². The van der Waals surface area contributed by atoms with Crippen molar-refractivity contribution in [3.8, 4) is 17.0 Å². The van der Waals surface area contributed by atoms with E-state index >= 15 is 0 Å². The van der Waals surface area contributed by atoms with Gasteiger partial charge in [-0.3, -0.25) is 0 Å². The molecule has 1 N–H and O–H groups in total. The van der Waals surface area contributed by atoms with E-state index in [1.807, 2.05) is 6.07 Å². The third-order valence-electron chi connectivity index (χ3n) is 4.36. The summed E-state index contributed by atoms with van der Waals surface area (Å²) in [5.74, 6) is 1.48. The molecule has 24 heavy (non-hydrogen) atoms. The SMILES string of the molecule is CC1CCC(Nc2nccc(-c3cccc(OC(F)F)c3)n2)CC1. The third kappa shape index (κ3) is 4.40. The highest BCUT2D eigenvalue weighted by atomic mass is 19.3. The number of benzene rings is 1. The number of hydrogen-bond donors (Lipinski definition) is 1. The minimum absolute atomic E-state index is 0.122. The Balaban J connectivity index is 1.73. The van der Waals surface area contributed by atoms with E-state index in [1.165, 1.54) is 18.9 Å². The van der Waals surface area contributed by atoms with Crippen LogP contribution in [0.4, 0.5) is 14.7 Å². The molecule has 0 unspecified atom stereocenters. The summed E-state index contributed by atoms with van der Waals surface area (Å²) >= 11 is 0. The van der Waals surface area contributed by atoms with E-state index in [-0.39, 0.29) is 5.75 Å². The van der Waals surface area contributed by atoms with Gasteiger partial charge in [0.05, 0.1) is 5.69 Å². The molecule has 2 aromatic rings. The van der Waals surface area contributed by atoms with Crippen LogP contribution in [0.15, 0.2) is 36.5 Å². The summed E-state index contributed by atoms with van der Waals surface area (Å²) in [6.07, 6.45) is 6.34. The van der Waals surface area contributed by atoms with Crippen LogP contribution in [-0.2, 0) is 0 Å². The lowest BCUT2D eigenvalue weighted by atomic mass is 9.87. The second kappa shape index (κ2) is 7.55. The Morgan fingerprint density at radius 1 is 1.17 bits per heavy atom. The zero-order chi connectivity index (χ0) is 16.9. The highest BCUT2D eigenvalue weighted by Gasteiger charge is 2.18. The highest BCUT2D eigenvalue weighted by molar-refractivity contribution is 5.62. The Hall–Kier alpha value is -2.24. The Kier molecular flexibility index (Phi) is 5.23. The van der Waals surface area contributed by atoms with Crippen molar-refractivity contribution in [1.82, 2.24) is 9.97 Å². The number of alkyl halides is 2. The van der Waals surface area contributed by atoms with Crippen molar-refractivity contribution in [2.24, 2.45) is 5.92 Å². The van der Waals surface area contributed by atoms with E-state index in [0.29, 0.717) is 17.7 Å². The Morgan fingerprint density at radius 2 is 1.96 bits per heavy atom. The third-order valence-corrected chi connectivity index (χ3v) is 4.36. The van der Waals surface area contributed by atoms with Gasteiger partial charge in [-0.2, -0.15) is 8.78 Å². The summed E-state index contributed by atoms with van der Waals surface area (Å²) in [5.41, 5.74) is 1.40. The molecule has 0 aliphatic heterocycles. The van der Waals surface area contributed by atoms with Gasteiger partial charge in [0.15, 0.2) is 0 Å². The zero-order valence-electron chi connectivity index (χ0n) is 13.6. The van der Waals surface area contributed by atoms with Gasteiger partial charge in [0.2, 0.25) is 5.95 Å². The first kappa shape index (κ1) is 16.6. The van der Waals surface area contributed by atoms with Crippen LogP contribution in [0.3, 0.4) is 0 Å². The van der Waals surface area contributed by atoms with E-state index in [0.717, 1.165) is 24.3 Å². The van der Waals surface area contributed by atoms with Gasteiger partial charge in [-0.15, -0.1) is 0 Å². The van der Waals surface area contributed by atoms with Crippen molar-refractivity contribution in [2.75, 3.05) is 5.32 Å². The highest BCUT2D eigenvalue weighted by Crippen LogP contribution is 2.27. The molecule has 3 rings (SSSR count). The van der Waals surface area contributed by atoms with Crippen LogP contribution in [0.25, 0.3) is 11.3 Å². The van der Waals surface area contributed by atoms with Gasteiger partial charge >= 0.3 is 6.61 Å². The van der Waals surface area contributed by atoms with Crippen LogP contribution < -0.4 is 10.1 Å². The largest absolute Gasteiger partial charge is 0.435 e. The molecule has 0 radical (unpaired) electrons. The normalized spacial score (nSPS) is 20.8. The van der Waals surface area contributed by atoms with Crippen LogP contribution in [0.2, 0.25) is 0 Å². The second-order valence-electron chi connectivity index (χ2n) is 6.27. The summed E-state index contributed by atoms with van der Waals surface area (Å²) in [6, 6.07) is 8.69. The predicted molar refractivity (Wildman–Crippen MR) is 89.1 cm³/mol. The average molecular weight is 333 g/mol. The summed E-state index contributed by atoms with van der Waals surface area (Å²) in [5, 5.41) is 3.38. The fraction of sp³-hybridized carbons (Fsp3) is 0.444. The van der Waals surface area contributed by atoms with Crippen molar-refractivity contribution < 1.29 is 13.5 Å². The molecule has 1 saturated carbocycles. The van der Waals surface area contributed by atoms with Crippen LogP contribution in [-0.4, -0.2) is 22.6 Å². The van der Waals surface area contributed by atoms with E-state index < -0.39 is 6.61 Å². The molecular formula is C18H21F2N3O. The van der Waals surface area contributed by atoms with Gasteiger partial charge in [-0.1, -0.05) is 19.1 Å². The fourth-order valence-corrected chi connectivity index (χ4v) is 3.01. The van der Waals surface area contributed by atoms with Crippen LogP contribution >= 0.6 is 0 Å². The second-order valence-corrected chi connectivity index (χ2v) is 6.27. The molecule has 1 aliphatic rings. The molecule has 0 bridgehead atoms. The minimum Gasteiger partial charge on any atom is -0.435 e. The molecule has 6 heteroatoms. The molecule has 128 valence electrons. The maximum atomic E-state index is 12.3. The van der Waals surface area contributed by atoms with Crippen molar-refractivity contribution in [3.63, 3.8) is 0 Å². The fourth-order valence-electron chi connectivity index (χ4n) is 3.01. The lowest BCUT2D eigenvalue weighted by Crippen LogP contribution is -2.26. The number of ether oxygens (including phenoxy) is 1. The molecule has 1 aliphatic carbocycles. The molecule has 1 fully saturated rings. The van der Waals surface area contributed by atoms with E-state index in [9.17, 15) is 8.78 Å². The zero-order valence-corrected chi connectivity index (χ0v) is 13.6. The maximum absolute atomic E-state index is 12.3. The van der Waals surface area contributed by atoms with E-state index in [2.05, 4.69) is 26.9 Å². The van der Waals surface area contributed by atoms with Gasteiger partial charge in [-0.25, -0.2) is 9.97 Å². The van der Waals surface area contributed by atoms with Crippen molar-refractivity contribution >= 4 is 5.95 Å². The quantitative estimate of drug-likeness (QED) is 0.859. The smallest absolute Gasteiger partial charge is 0.387 e. The van der Waals surface area contributed by atoms with Crippen LogP contribution in [0.1, 0.15) is 32.6 Å². The molecule has 1 aromatic carbocycles. The molecule has 1 aromatic heterocycles. The van der Waals surface area contributed by atoms with E-state index in [4.69, 9.17) is 0 Å². The average Bonchev–Trinajstić information content (AvgIpc) is 2.57. The molecule has 1 heterocycles. The predicted octanol–water partition coefficient (Wildman–Crippen LogP) is 4.74. The Labute approximate surface area is 140 Å². The first-order valence-corrected chi connectivity index (χ1v) is 8.25. The van der Waals surface area contributed by atoms with Crippen molar-refractivity contribution in [3.05, 3.63) is 36.5 Å². The standard InChI is InChI=1S/C18H21F2N3O/c1-12-5-7-14(8-6-12)22-18-21-10-9-16(23-18)13-3-2-4-15(11-13)24-17(19)20/h2-4,9-12,14,17H,5-8H2,1H3,(H,21,22,23). The molecule has 0 atom stereocenters. The molecule has 0 spiro atoms. The van der Waals surface area contributed by atoms with Crippen molar-refractivity contribution in [1.29, 1.82) is 0 Å². The number of halogens is 2. The summed E-state index contributed by atoms with van der Waals surface area (Å²) in [4.78, 5) is 8.79. The molecule has 0 saturated heterocycles. The first-order valence-electron chi connectivity index (χ1n) is 8.25. The summed E-state index contributed by atoms with van der Waals surface area (Å²) < 4.78 is 29.1. The summed E-state index contributed by atoms with van der Waals surface area (Å²) in [7, 11) is 0. The number of nitrogens with one attached hydrogen (secondary N) is 1. The number of rotatable bonds is 5. The van der Waals surface area contributed by atoms with Gasteiger partial charge in [0, 0.05) is 17.8 Å². The number of anilines is 1. The number of hydrogen-bond acceptors (Lipinski definition) is 4. The lowest BCUT2D eigenvalue weighted by molar-refractivity contribution is -0.0498. The molecule has 4 nitrogen and oxygen atoms in total. The van der Waals surface area contributed by atoms with Crippen molar-refractivity contribution in [2.45, 2.75) is 45.3 Å². The Morgan fingerprint density at radius 3 is 2.71 bits per heavy atom. The first-order chi connectivity index (χ1) is 11.6. The summed E-state index contributed by atoms with van der Waals surface area (Å²) in [6.45, 7) is -0.557. The van der Waals surface area contributed by atoms with Gasteiger partial charge in [-0.05, 0) is 49.8 Å².